The number of carbonyl (C=O) groups excluding carboxylic acids is 2. The molecular formula is C25H27N5O4. The lowest BCUT2D eigenvalue weighted by molar-refractivity contribution is -0.156. The molecule has 0 unspecified atom stereocenters. The van der Waals surface area contributed by atoms with Gasteiger partial charge < -0.3 is 19.3 Å². The zero-order valence-corrected chi connectivity index (χ0v) is 19.2. The molecule has 2 aromatic carbocycles. The third-order valence-electron chi connectivity index (χ3n) is 6.77. The van der Waals surface area contributed by atoms with Crippen molar-refractivity contribution in [2.45, 2.75) is 30.8 Å². The van der Waals surface area contributed by atoms with E-state index < -0.39 is 0 Å². The van der Waals surface area contributed by atoms with Crippen molar-refractivity contribution in [1.29, 1.82) is 0 Å². The molecule has 176 valence electrons. The number of ether oxygens (including phenoxy) is 2. The molecule has 0 saturated carbocycles. The third kappa shape index (κ3) is 3.87. The largest absolute Gasteiger partial charge is 0.497 e. The van der Waals surface area contributed by atoms with Gasteiger partial charge in [0.05, 0.1) is 26.2 Å². The summed E-state index contributed by atoms with van der Waals surface area (Å²) in [6.45, 7) is 1.11. The number of hydrogen-bond donors (Lipinski definition) is 0. The van der Waals surface area contributed by atoms with E-state index in [1.807, 2.05) is 53.4 Å². The van der Waals surface area contributed by atoms with Crippen LogP contribution in [0.15, 0.2) is 61.2 Å². The van der Waals surface area contributed by atoms with E-state index in [0.717, 1.165) is 22.6 Å². The molecule has 2 saturated heterocycles. The van der Waals surface area contributed by atoms with Gasteiger partial charge in [0.25, 0.3) is 0 Å². The molecule has 2 fully saturated rings. The molecule has 9 heteroatoms. The summed E-state index contributed by atoms with van der Waals surface area (Å²) in [4.78, 5) is 33.8. The summed E-state index contributed by atoms with van der Waals surface area (Å²) in [5, 5.41) is 3.94. The molecule has 0 radical (unpaired) electrons. The molecule has 0 spiro atoms. The fraction of sp³-hybridized carbons (Fsp3) is 0.360. The molecule has 34 heavy (non-hydrogen) atoms. The molecule has 3 heterocycles. The van der Waals surface area contributed by atoms with Crippen LogP contribution in [0.1, 0.15) is 35.9 Å². The average Bonchev–Trinajstić information content (AvgIpc) is 3.42. The SMILES string of the molecule is COc1cccc([C@H]2C(=O)N(C3CCN(C(=O)n4cncn4)CC3)[C@@H]2c2cccc(OC)c2)c1. The summed E-state index contributed by atoms with van der Waals surface area (Å²) in [6, 6.07) is 15.4. The van der Waals surface area contributed by atoms with Gasteiger partial charge in [-0.25, -0.2) is 9.78 Å². The van der Waals surface area contributed by atoms with Crippen LogP contribution < -0.4 is 9.47 Å². The maximum absolute atomic E-state index is 13.6. The Hall–Kier alpha value is -3.88. The number of hydrogen-bond acceptors (Lipinski definition) is 6. The van der Waals surface area contributed by atoms with Crippen molar-refractivity contribution in [3.05, 3.63) is 72.3 Å². The van der Waals surface area contributed by atoms with Gasteiger partial charge in [-0.2, -0.15) is 9.78 Å². The molecule has 2 atom stereocenters. The van der Waals surface area contributed by atoms with Crippen molar-refractivity contribution >= 4 is 11.9 Å². The fourth-order valence-corrected chi connectivity index (χ4v) is 5.04. The van der Waals surface area contributed by atoms with Gasteiger partial charge in [-0.15, -0.1) is 0 Å². The maximum Gasteiger partial charge on any atom is 0.346 e. The number of methoxy groups -OCH3 is 2. The molecule has 3 aromatic rings. The second-order valence-electron chi connectivity index (χ2n) is 8.56. The van der Waals surface area contributed by atoms with E-state index in [1.54, 1.807) is 19.1 Å². The number of benzene rings is 2. The Morgan fingerprint density at radius 1 is 0.971 bits per heavy atom. The van der Waals surface area contributed by atoms with E-state index in [2.05, 4.69) is 10.1 Å². The highest BCUT2D eigenvalue weighted by Gasteiger charge is 2.52. The lowest BCUT2D eigenvalue weighted by atomic mass is 9.75. The van der Waals surface area contributed by atoms with E-state index >= 15 is 0 Å². The van der Waals surface area contributed by atoms with Crippen molar-refractivity contribution in [2.24, 2.45) is 0 Å². The Labute approximate surface area is 197 Å². The number of amides is 2. The molecule has 1 aromatic heterocycles. The van der Waals surface area contributed by atoms with Crippen LogP contribution in [0.5, 0.6) is 11.5 Å². The van der Waals surface area contributed by atoms with Crippen molar-refractivity contribution in [1.82, 2.24) is 24.6 Å². The Balaban J connectivity index is 1.39. The van der Waals surface area contributed by atoms with Crippen molar-refractivity contribution < 1.29 is 19.1 Å². The first-order valence-electron chi connectivity index (χ1n) is 11.3. The first-order valence-corrected chi connectivity index (χ1v) is 11.3. The molecule has 0 bridgehead atoms. The Bertz CT molecular complexity index is 1170. The normalized spacial score (nSPS) is 20.7. The summed E-state index contributed by atoms with van der Waals surface area (Å²) in [5.74, 6) is 1.29. The summed E-state index contributed by atoms with van der Waals surface area (Å²) < 4.78 is 12.1. The summed E-state index contributed by atoms with van der Waals surface area (Å²) >= 11 is 0. The van der Waals surface area contributed by atoms with Crippen LogP contribution in [0, 0.1) is 0 Å². The number of aromatic nitrogens is 3. The van der Waals surface area contributed by atoms with Crippen molar-refractivity contribution in [3.63, 3.8) is 0 Å². The molecule has 2 aliphatic heterocycles. The highest BCUT2D eigenvalue weighted by molar-refractivity contribution is 5.92. The van der Waals surface area contributed by atoms with Crippen LogP contribution in [0.25, 0.3) is 0 Å². The number of rotatable bonds is 5. The Morgan fingerprint density at radius 3 is 2.24 bits per heavy atom. The van der Waals surface area contributed by atoms with Gasteiger partial charge in [0.15, 0.2) is 0 Å². The van der Waals surface area contributed by atoms with E-state index in [9.17, 15) is 9.59 Å². The number of likely N-dealkylation sites (tertiary alicyclic amines) is 2. The highest BCUT2D eigenvalue weighted by Crippen LogP contribution is 2.49. The molecule has 2 aliphatic rings. The minimum absolute atomic E-state index is 0.0466. The lowest BCUT2D eigenvalue weighted by Gasteiger charge is -2.53. The zero-order chi connectivity index (χ0) is 23.7. The van der Waals surface area contributed by atoms with Crippen LogP contribution in [-0.2, 0) is 4.79 Å². The molecule has 2 amide bonds. The molecule has 5 rings (SSSR count). The van der Waals surface area contributed by atoms with Gasteiger partial charge in [0.2, 0.25) is 5.91 Å². The standard InChI is InChI=1S/C25H27N5O4/c1-33-20-7-3-5-17(13-20)22-23(18-6-4-8-21(14-18)34-2)30(24(22)31)19-9-11-28(12-10-19)25(32)29-16-26-15-27-29/h3-8,13-16,19,22-23H,9-12H2,1-2H3/t22-,23-/m1/s1. The number of carbonyl (C=O) groups is 2. The first-order chi connectivity index (χ1) is 16.6. The second-order valence-corrected chi connectivity index (χ2v) is 8.56. The van der Waals surface area contributed by atoms with E-state index in [0.29, 0.717) is 25.9 Å². The Morgan fingerprint density at radius 2 is 1.62 bits per heavy atom. The van der Waals surface area contributed by atoms with Gasteiger partial charge in [-0.1, -0.05) is 24.3 Å². The number of nitrogens with zero attached hydrogens (tertiary/aromatic N) is 5. The van der Waals surface area contributed by atoms with Crippen molar-refractivity contribution in [2.75, 3.05) is 27.3 Å². The minimum Gasteiger partial charge on any atom is -0.497 e. The van der Waals surface area contributed by atoms with Crippen LogP contribution in [-0.4, -0.2) is 69.9 Å². The van der Waals surface area contributed by atoms with Gasteiger partial charge in [0.1, 0.15) is 24.2 Å². The van der Waals surface area contributed by atoms with Crippen molar-refractivity contribution in [3.8, 4) is 11.5 Å². The van der Waals surface area contributed by atoms with Crippen LogP contribution in [0.2, 0.25) is 0 Å². The van der Waals surface area contributed by atoms with Gasteiger partial charge in [-0.3, -0.25) is 4.79 Å². The Kier molecular flexibility index (Phi) is 5.91. The summed E-state index contributed by atoms with van der Waals surface area (Å²) in [7, 11) is 3.27. The highest BCUT2D eigenvalue weighted by atomic mass is 16.5. The smallest absolute Gasteiger partial charge is 0.346 e. The quantitative estimate of drug-likeness (QED) is 0.543. The average molecular weight is 462 g/mol. The minimum atomic E-state index is -0.294. The number of piperidine rings is 1. The summed E-state index contributed by atoms with van der Waals surface area (Å²) in [6.07, 6.45) is 4.17. The number of β-lactam (4-membered cyclic amide) rings is 1. The van der Waals surface area contributed by atoms with Gasteiger partial charge >= 0.3 is 6.03 Å². The van der Waals surface area contributed by atoms with Crippen LogP contribution in [0.3, 0.4) is 0 Å². The van der Waals surface area contributed by atoms with Crippen LogP contribution >= 0.6 is 0 Å². The molecule has 9 nitrogen and oxygen atoms in total. The third-order valence-corrected chi connectivity index (χ3v) is 6.77. The first kappa shape index (κ1) is 21.9. The zero-order valence-electron chi connectivity index (χ0n) is 19.2. The lowest BCUT2D eigenvalue weighted by Crippen LogP contribution is -2.60. The topological polar surface area (TPSA) is 89.8 Å². The van der Waals surface area contributed by atoms with Gasteiger partial charge in [0, 0.05) is 19.1 Å². The molecule has 0 N–H and O–H groups in total. The fourth-order valence-electron chi connectivity index (χ4n) is 5.04. The summed E-state index contributed by atoms with van der Waals surface area (Å²) in [5.41, 5.74) is 1.97. The predicted octanol–water partition coefficient (Wildman–Crippen LogP) is 3.10. The van der Waals surface area contributed by atoms with Gasteiger partial charge in [-0.05, 0) is 48.2 Å². The second kappa shape index (κ2) is 9.17. The van der Waals surface area contributed by atoms with E-state index in [1.165, 1.54) is 17.3 Å². The molecule has 0 aliphatic carbocycles. The molecular weight excluding hydrogens is 434 g/mol. The van der Waals surface area contributed by atoms with Crippen LogP contribution in [0.4, 0.5) is 4.79 Å². The predicted molar refractivity (Wildman–Crippen MR) is 124 cm³/mol. The maximum atomic E-state index is 13.6. The van der Waals surface area contributed by atoms with E-state index in [4.69, 9.17) is 9.47 Å². The monoisotopic (exact) mass is 461 g/mol. The van der Waals surface area contributed by atoms with E-state index in [-0.39, 0.29) is 29.9 Å².